The number of hydrogen-bond acceptors (Lipinski definition) is 2. The fourth-order valence-corrected chi connectivity index (χ4v) is 1.24. The van der Waals surface area contributed by atoms with E-state index < -0.39 is 34.4 Å². The second-order valence-corrected chi connectivity index (χ2v) is 3.04. The van der Waals surface area contributed by atoms with Crippen molar-refractivity contribution in [2.45, 2.75) is 12.6 Å². The topological polar surface area (TPSA) is 36.7 Å². The lowest BCUT2D eigenvalue weighted by atomic mass is 10.1. The SMILES string of the molecule is N#Cc1c(C(F)(F)F)ncc(C(F)F)c1Cl. The Hall–Kier alpha value is -1.42. The number of hydrogen-bond donors (Lipinski definition) is 0. The number of alkyl halides is 5. The normalized spacial score (nSPS) is 11.6. The van der Waals surface area contributed by atoms with Crippen molar-refractivity contribution in [3.05, 3.63) is 28.0 Å². The molecule has 0 atom stereocenters. The standard InChI is InChI=1S/C8H2ClF5N2/c9-5-3(1-15)6(8(12,13)14)16-2-4(5)7(10)11/h2,7H. The number of pyridine rings is 1. The van der Waals surface area contributed by atoms with E-state index in [1.807, 2.05) is 0 Å². The average molecular weight is 257 g/mol. The number of nitriles is 1. The quantitative estimate of drug-likeness (QED) is 0.720. The third-order valence-electron chi connectivity index (χ3n) is 1.66. The van der Waals surface area contributed by atoms with Crippen LogP contribution < -0.4 is 0 Å². The minimum absolute atomic E-state index is 0.316. The number of rotatable bonds is 1. The maximum atomic E-state index is 12.3. The molecule has 0 aromatic carbocycles. The molecule has 2 nitrogen and oxygen atoms in total. The smallest absolute Gasteiger partial charge is 0.250 e. The summed E-state index contributed by atoms with van der Waals surface area (Å²) in [5.41, 5.74) is -3.55. The summed E-state index contributed by atoms with van der Waals surface area (Å²) in [6, 6.07) is 1.12. The van der Waals surface area contributed by atoms with Gasteiger partial charge in [-0.15, -0.1) is 0 Å². The molecule has 0 aliphatic rings. The van der Waals surface area contributed by atoms with Crippen LogP contribution in [-0.4, -0.2) is 4.98 Å². The Morgan fingerprint density at radius 1 is 1.38 bits per heavy atom. The zero-order valence-corrected chi connectivity index (χ0v) is 8.07. The number of nitrogens with zero attached hydrogens (tertiary/aromatic N) is 2. The molecule has 0 fully saturated rings. The molecule has 0 saturated heterocycles. The van der Waals surface area contributed by atoms with Crippen LogP contribution in [-0.2, 0) is 6.18 Å². The van der Waals surface area contributed by atoms with Gasteiger partial charge in [-0.1, -0.05) is 11.6 Å². The van der Waals surface area contributed by atoms with Crippen molar-refractivity contribution in [1.29, 1.82) is 5.26 Å². The Bertz CT molecular complexity index is 449. The van der Waals surface area contributed by atoms with Crippen molar-refractivity contribution in [3.8, 4) is 6.07 Å². The minimum atomic E-state index is -4.91. The van der Waals surface area contributed by atoms with E-state index in [2.05, 4.69) is 4.98 Å². The van der Waals surface area contributed by atoms with Gasteiger partial charge in [0, 0.05) is 6.20 Å². The average Bonchev–Trinajstić information content (AvgIpc) is 2.15. The Balaban J connectivity index is 3.49. The summed E-state index contributed by atoms with van der Waals surface area (Å²) in [6.45, 7) is 0. The molecule has 1 aromatic heterocycles. The van der Waals surface area contributed by atoms with E-state index >= 15 is 0 Å². The molecule has 8 heteroatoms. The van der Waals surface area contributed by atoms with Crippen LogP contribution in [0.5, 0.6) is 0 Å². The van der Waals surface area contributed by atoms with Gasteiger partial charge in [-0.2, -0.15) is 18.4 Å². The summed E-state index contributed by atoms with van der Waals surface area (Å²) in [4.78, 5) is 2.79. The summed E-state index contributed by atoms with van der Waals surface area (Å²) in [5, 5.41) is 7.53. The molecule has 0 saturated carbocycles. The molecule has 0 N–H and O–H groups in total. The lowest BCUT2D eigenvalue weighted by molar-refractivity contribution is -0.141. The molecule has 0 aliphatic heterocycles. The predicted molar refractivity (Wildman–Crippen MR) is 43.9 cm³/mol. The van der Waals surface area contributed by atoms with Gasteiger partial charge in [0.1, 0.15) is 11.6 Å². The Morgan fingerprint density at radius 2 is 1.94 bits per heavy atom. The molecule has 0 spiro atoms. The zero-order valence-electron chi connectivity index (χ0n) is 7.32. The molecule has 16 heavy (non-hydrogen) atoms. The highest BCUT2D eigenvalue weighted by atomic mass is 35.5. The highest BCUT2D eigenvalue weighted by Crippen LogP contribution is 2.36. The number of aromatic nitrogens is 1. The summed E-state index contributed by atoms with van der Waals surface area (Å²) in [6.07, 6.45) is -7.68. The summed E-state index contributed by atoms with van der Waals surface area (Å²) in [5.74, 6) is 0. The summed E-state index contributed by atoms with van der Waals surface area (Å²) >= 11 is 5.27. The first kappa shape index (κ1) is 12.6. The monoisotopic (exact) mass is 256 g/mol. The summed E-state index contributed by atoms with van der Waals surface area (Å²) < 4.78 is 61.4. The van der Waals surface area contributed by atoms with Crippen molar-refractivity contribution in [2.24, 2.45) is 0 Å². The molecule has 0 amide bonds. The largest absolute Gasteiger partial charge is 0.434 e. The van der Waals surface area contributed by atoms with Gasteiger partial charge in [0.05, 0.1) is 10.6 Å². The van der Waals surface area contributed by atoms with Crippen LogP contribution in [0.25, 0.3) is 0 Å². The first-order chi connectivity index (χ1) is 7.29. The van der Waals surface area contributed by atoms with E-state index in [0.717, 1.165) is 6.07 Å². The van der Waals surface area contributed by atoms with Crippen molar-refractivity contribution >= 4 is 11.6 Å². The van der Waals surface area contributed by atoms with E-state index in [-0.39, 0.29) is 0 Å². The molecule has 1 rings (SSSR count). The second-order valence-electron chi connectivity index (χ2n) is 2.66. The molecule has 1 aromatic rings. The van der Waals surface area contributed by atoms with Gasteiger partial charge in [0.25, 0.3) is 6.43 Å². The van der Waals surface area contributed by atoms with Crippen molar-refractivity contribution in [2.75, 3.05) is 0 Å². The van der Waals surface area contributed by atoms with E-state index in [4.69, 9.17) is 16.9 Å². The molecule has 1 heterocycles. The fourth-order valence-electron chi connectivity index (χ4n) is 0.973. The second kappa shape index (κ2) is 4.22. The van der Waals surface area contributed by atoms with Crippen molar-refractivity contribution in [1.82, 2.24) is 4.98 Å². The van der Waals surface area contributed by atoms with Crippen LogP contribution in [0.4, 0.5) is 22.0 Å². The Kier molecular flexibility index (Phi) is 3.33. The molecular formula is C8H2ClF5N2. The van der Waals surface area contributed by atoms with Gasteiger partial charge >= 0.3 is 6.18 Å². The third-order valence-corrected chi connectivity index (χ3v) is 2.07. The van der Waals surface area contributed by atoms with E-state index in [0.29, 0.717) is 6.20 Å². The van der Waals surface area contributed by atoms with Crippen LogP contribution in [0.2, 0.25) is 5.02 Å². The first-order valence-corrected chi connectivity index (χ1v) is 4.10. The van der Waals surface area contributed by atoms with Crippen LogP contribution >= 0.6 is 11.6 Å². The third kappa shape index (κ3) is 2.22. The van der Waals surface area contributed by atoms with Gasteiger partial charge in [-0.3, -0.25) is 0 Å². The maximum absolute atomic E-state index is 12.3. The molecular weight excluding hydrogens is 255 g/mol. The zero-order chi connectivity index (χ0) is 12.5. The van der Waals surface area contributed by atoms with Crippen LogP contribution in [0.15, 0.2) is 6.20 Å². The molecule has 86 valence electrons. The molecule has 0 aliphatic carbocycles. The highest BCUT2D eigenvalue weighted by Gasteiger charge is 2.37. The van der Waals surface area contributed by atoms with Gasteiger partial charge < -0.3 is 0 Å². The summed E-state index contributed by atoms with van der Waals surface area (Å²) in [7, 11) is 0. The van der Waals surface area contributed by atoms with E-state index in [1.54, 1.807) is 0 Å². The van der Waals surface area contributed by atoms with Crippen LogP contribution in [0, 0.1) is 11.3 Å². The lowest BCUT2D eigenvalue weighted by Gasteiger charge is -2.10. The van der Waals surface area contributed by atoms with Gasteiger partial charge in [0.15, 0.2) is 5.69 Å². The maximum Gasteiger partial charge on any atom is 0.434 e. The fraction of sp³-hybridized carbons (Fsp3) is 0.250. The lowest BCUT2D eigenvalue weighted by Crippen LogP contribution is -2.12. The van der Waals surface area contributed by atoms with E-state index in [1.165, 1.54) is 0 Å². The van der Waals surface area contributed by atoms with Gasteiger partial charge in [0.2, 0.25) is 0 Å². The molecule has 0 unspecified atom stereocenters. The minimum Gasteiger partial charge on any atom is -0.250 e. The number of halogens is 6. The first-order valence-electron chi connectivity index (χ1n) is 3.73. The van der Waals surface area contributed by atoms with Gasteiger partial charge in [-0.05, 0) is 0 Å². The van der Waals surface area contributed by atoms with Gasteiger partial charge in [-0.25, -0.2) is 13.8 Å². The Morgan fingerprint density at radius 3 is 2.31 bits per heavy atom. The van der Waals surface area contributed by atoms with E-state index in [9.17, 15) is 22.0 Å². The van der Waals surface area contributed by atoms with Crippen molar-refractivity contribution < 1.29 is 22.0 Å². The van der Waals surface area contributed by atoms with Crippen LogP contribution in [0.3, 0.4) is 0 Å². The van der Waals surface area contributed by atoms with Crippen molar-refractivity contribution in [3.63, 3.8) is 0 Å². The predicted octanol–water partition coefficient (Wildman–Crippen LogP) is 3.56. The highest BCUT2D eigenvalue weighted by molar-refractivity contribution is 6.32. The Labute approximate surface area is 91.3 Å². The molecule has 0 radical (unpaired) electrons. The molecule has 0 bridgehead atoms. The van der Waals surface area contributed by atoms with Crippen LogP contribution in [0.1, 0.15) is 23.2 Å².